The monoisotopic (exact) mass is 305 g/mol. The summed E-state index contributed by atoms with van der Waals surface area (Å²) in [6, 6.07) is 0.312. The molecule has 2 N–H and O–H groups in total. The molecule has 0 aromatic rings. The molecule has 0 unspecified atom stereocenters. The Kier molecular flexibility index (Phi) is 10.5. The van der Waals surface area contributed by atoms with Crippen LogP contribution in [0.5, 0.6) is 0 Å². The molecule has 0 bridgehead atoms. The number of carbonyl (C=O) groups excluding carboxylic acids is 2. The molecule has 2 amide bonds. The van der Waals surface area contributed by atoms with Crippen molar-refractivity contribution in [1.82, 2.24) is 15.5 Å². The van der Waals surface area contributed by atoms with Crippen LogP contribution in [0.3, 0.4) is 0 Å². The lowest BCUT2D eigenvalue weighted by Gasteiger charge is -2.23. The second-order valence-corrected chi connectivity index (χ2v) is 5.01. The van der Waals surface area contributed by atoms with Gasteiger partial charge in [-0.2, -0.15) is 0 Å². The number of nitrogens with zero attached hydrogens (tertiary/aromatic N) is 1. The van der Waals surface area contributed by atoms with Crippen molar-refractivity contribution in [3.05, 3.63) is 0 Å². The minimum Gasteiger partial charge on any atom is -0.353 e. The van der Waals surface area contributed by atoms with Crippen molar-refractivity contribution in [3.63, 3.8) is 0 Å². The molecule has 20 heavy (non-hydrogen) atoms. The van der Waals surface area contributed by atoms with Crippen LogP contribution >= 0.6 is 12.4 Å². The first kappa shape index (κ1) is 19.2. The summed E-state index contributed by atoms with van der Waals surface area (Å²) in [6.45, 7) is 7.40. The summed E-state index contributed by atoms with van der Waals surface area (Å²) < 4.78 is 0. The molecule has 5 nitrogen and oxygen atoms in total. The van der Waals surface area contributed by atoms with E-state index >= 15 is 0 Å². The van der Waals surface area contributed by atoms with Gasteiger partial charge >= 0.3 is 0 Å². The Balaban J connectivity index is 0.00000361. The van der Waals surface area contributed by atoms with Gasteiger partial charge in [-0.1, -0.05) is 0 Å². The molecule has 0 radical (unpaired) electrons. The molecule has 0 spiro atoms. The maximum absolute atomic E-state index is 11.8. The van der Waals surface area contributed by atoms with Gasteiger partial charge in [0.25, 0.3) is 0 Å². The van der Waals surface area contributed by atoms with Crippen LogP contribution in [0.2, 0.25) is 0 Å². The van der Waals surface area contributed by atoms with Gasteiger partial charge in [-0.05, 0) is 46.2 Å². The molecule has 1 heterocycles. The summed E-state index contributed by atoms with van der Waals surface area (Å²) in [5, 5.41) is 6.32. The molecular formula is C14H28ClN3O2. The zero-order valence-electron chi connectivity index (χ0n) is 12.6. The Morgan fingerprint density at radius 2 is 1.75 bits per heavy atom. The first-order chi connectivity index (χ1) is 9.17. The lowest BCUT2D eigenvalue weighted by atomic mass is 10.1. The third-order valence-electron chi connectivity index (χ3n) is 3.61. The minimum atomic E-state index is 0. The quantitative estimate of drug-likeness (QED) is 0.745. The highest BCUT2D eigenvalue weighted by Gasteiger charge is 2.15. The predicted octanol–water partition coefficient (Wildman–Crippen LogP) is 1.32. The number of carbonyl (C=O) groups is 2. The summed E-state index contributed by atoms with van der Waals surface area (Å²) in [4.78, 5) is 25.3. The molecule has 0 saturated carbocycles. The van der Waals surface area contributed by atoms with Crippen molar-refractivity contribution in [2.24, 2.45) is 0 Å². The number of amides is 2. The standard InChI is InChI=1S/C14H27N3O2.ClH/c1-3-17(4-2)14(19)7-5-6-13(18)16-12-8-10-15-11-9-12;/h12,15H,3-11H2,1-2H3,(H,16,18);1H. The predicted molar refractivity (Wildman–Crippen MR) is 83.1 cm³/mol. The molecule has 1 rings (SSSR count). The average molecular weight is 306 g/mol. The summed E-state index contributed by atoms with van der Waals surface area (Å²) in [5.41, 5.74) is 0. The first-order valence-electron chi connectivity index (χ1n) is 7.45. The summed E-state index contributed by atoms with van der Waals surface area (Å²) in [6.07, 6.45) is 3.58. The zero-order valence-corrected chi connectivity index (χ0v) is 13.4. The van der Waals surface area contributed by atoms with Crippen molar-refractivity contribution in [2.75, 3.05) is 26.2 Å². The van der Waals surface area contributed by atoms with Crippen LogP contribution in [0, 0.1) is 0 Å². The van der Waals surface area contributed by atoms with Crippen LogP contribution in [0.4, 0.5) is 0 Å². The highest BCUT2D eigenvalue weighted by Crippen LogP contribution is 2.05. The van der Waals surface area contributed by atoms with Gasteiger partial charge < -0.3 is 15.5 Å². The van der Waals surface area contributed by atoms with Crippen LogP contribution in [0.1, 0.15) is 46.0 Å². The van der Waals surface area contributed by atoms with E-state index < -0.39 is 0 Å². The SMILES string of the molecule is CCN(CC)C(=O)CCCC(=O)NC1CCNCC1.Cl. The fraction of sp³-hybridized carbons (Fsp3) is 0.857. The Morgan fingerprint density at radius 1 is 1.15 bits per heavy atom. The van der Waals surface area contributed by atoms with E-state index in [-0.39, 0.29) is 24.2 Å². The minimum absolute atomic E-state index is 0. The van der Waals surface area contributed by atoms with Crippen molar-refractivity contribution >= 4 is 24.2 Å². The number of hydrogen-bond donors (Lipinski definition) is 2. The fourth-order valence-electron chi connectivity index (χ4n) is 2.40. The van der Waals surface area contributed by atoms with Crippen molar-refractivity contribution in [2.45, 2.75) is 52.0 Å². The number of piperidine rings is 1. The van der Waals surface area contributed by atoms with Crippen LogP contribution in [0.25, 0.3) is 0 Å². The van der Waals surface area contributed by atoms with E-state index in [0.29, 0.717) is 25.3 Å². The summed E-state index contributed by atoms with van der Waals surface area (Å²) in [7, 11) is 0. The van der Waals surface area contributed by atoms with E-state index in [1.165, 1.54) is 0 Å². The van der Waals surface area contributed by atoms with Crippen molar-refractivity contribution in [3.8, 4) is 0 Å². The van der Waals surface area contributed by atoms with Crippen LogP contribution < -0.4 is 10.6 Å². The van der Waals surface area contributed by atoms with Crippen LogP contribution in [-0.2, 0) is 9.59 Å². The fourth-order valence-corrected chi connectivity index (χ4v) is 2.40. The van der Waals surface area contributed by atoms with Gasteiger partial charge in [0.2, 0.25) is 11.8 Å². The van der Waals surface area contributed by atoms with Crippen molar-refractivity contribution < 1.29 is 9.59 Å². The highest BCUT2D eigenvalue weighted by atomic mass is 35.5. The van der Waals surface area contributed by atoms with Gasteiger partial charge in [-0.25, -0.2) is 0 Å². The Morgan fingerprint density at radius 3 is 2.30 bits per heavy atom. The van der Waals surface area contributed by atoms with E-state index in [9.17, 15) is 9.59 Å². The maximum Gasteiger partial charge on any atom is 0.222 e. The number of rotatable bonds is 7. The van der Waals surface area contributed by atoms with Crippen LogP contribution in [0.15, 0.2) is 0 Å². The molecule has 0 aliphatic carbocycles. The molecule has 1 aliphatic rings. The number of nitrogens with one attached hydrogen (secondary N) is 2. The Bertz CT molecular complexity index is 290. The number of halogens is 1. The molecule has 0 atom stereocenters. The smallest absolute Gasteiger partial charge is 0.222 e. The molecule has 0 aromatic carbocycles. The zero-order chi connectivity index (χ0) is 14.1. The molecule has 1 aliphatic heterocycles. The largest absolute Gasteiger partial charge is 0.353 e. The molecule has 1 saturated heterocycles. The van der Waals surface area contributed by atoms with Crippen LogP contribution in [-0.4, -0.2) is 48.9 Å². The third kappa shape index (κ3) is 7.10. The van der Waals surface area contributed by atoms with Gasteiger partial charge in [0.15, 0.2) is 0 Å². The normalized spacial score (nSPS) is 15.3. The maximum atomic E-state index is 11.8. The second-order valence-electron chi connectivity index (χ2n) is 5.01. The van der Waals surface area contributed by atoms with E-state index in [4.69, 9.17) is 0 Å². The number of hydrogen-bond acceptors (Lipinski definition) is 3. The lowest BCUT2D eigenvalue weighted by molar-refractivity contribution is -0.131. The second kappa shape index (κ2) is 10.9. The van der Waals surface area contributed by atoms with Gasteiger partial charge in [0.1, 0.15) is 0 Å². The summed E-state index contributed by atoms with van der Waals surface area (Å²) in [5.74, 6) is 0.235. The van der Waals surface area contributed by atoms with Gasteiger partial charge in [0.05, 0.1) is 0 Å². The summed E-state index contributed by atoms with van der Waals surface area (Å²) >= 11 is 0. The van der Waals surface area contributed by atoms with Gasteiger partial charge in [0, 0.05) is 32.0 Å². The van der Waals surface area contributed by atoms with Gasteiger partial charge in [-0.3, -0.25) is 9.59 Å². The molecule has 118 valence electrons. The third-order valence-corrected chi connectivity index (χ3v) is 3.61. The van der Waals surface area contributed by atoms with Crippen molar-refractivity contribution in [1.29, 1.82) is 0 Å². The molecule has 1 fully saturated rings. The van der Waals surface area contributed by atoms with E-state index in [2.05, 4.69) is 10.6 Å². The molecule has 6 heteroatoms. The van der Waals surface area contributed by atoms with E-state index in [1.54, 1.807) is 0 Å². The van der Waals surface area contributed by atoms with Gasteiger partial charge in [-0.15, -0.1) is 12.4 Å². The molecular weight excluding hydrogens is 278 g/mol. The lowest BCUT2D eigenvalue weighted by Crippen LogP contribution is -2.42. The highest BCUT2D eigenvalue weighted by molar-refractivity contribution is 5.85. The first-order valence-corrected chi connectivity index (χ1v) is 7.45. The van der Waals surface area contributed by atoms with E-state index in [1.807, 2.05) is 18.7 Å². The molecule has 0 aromatic heterocycles. The average Bonchev–Trinajstić information content (AvgIpc) is 2.41. The topological polar surface area (TPSA) is 61.4 Å². The van der Waals surface area contributed by atoms with E-state index in [0.717, 1.165) is 39.0 Å². The Hall–Kier alpha value is -0.810. The Labute approximate surface area is 128 Å².